The molecule has 6 nitrogen and oxygen atoms in total. The van der Waals surface area contributed by atoms with Crippen molar-refractivity contribution in [2.24, 2.45) is 0 Å². The zero-order chi connectivity index (χ0) is 17.1. The smallest absolute Gasteiger partial charge is 0.217 e. The Balaban J connectivity index is 1.83. The number of pyridine rings is 1. The molecule has 0 bridgehead atoms. The fraction of sp³-hybridized carbons (Fsp3) is 0.133. The van der Waals surface area contributed by atoms with E-state index in [-0.39, 0.29) is 0 Å². The molecule has 0 atom stereocenters. The predicted octanol–water partition coefficient (Wildman–Crippen LogP) is 3.66. The van der Waals surface area contributed by atoms with Gasteiger partial charge >= 0.3 is 0 Å². The Morgan fingerprint density at radius 1 is 1.25 bits per heavy atom. The number of nitrogen functional groups attached to an aromatic ring is 1. The highest BCUT2D eigenvalue weighted by Gasteiger charge is 2.16. The molecule has 0 aliphatic rings. The molecule has 2 aromatic heterocycles. The number of methoxy groups -OCH3 is 1. The molecule has 3 rings (SSSR count). The van der Waals surface area contributed by atoms with Gasteiger partial charge in [-0.1, -0.05) is 41.0 Å². The highest BCUT2D eigenvalue weighted by Crippen LogP contribution is 2.31. The van der Waals surface area contributed by atoms with E-state index >= 15 is 0 Å². The number of benzene rings is 1. The molecule has 0 radical (unpaired) electrons. The van der Waals surface area contributed by atoms with E-state index in [1.54, 1.807) is 31.5 Å². The minimum Gasteiger partial charge on any atom is -0.481 e. The third-order valence-electron chi connectivity index (χ3n) is 3.24. The highest BCUT2D eigenvalue weighted by molar-refractivity contribution is 7.98. The van der Waals surface area contributed by atoms with Crippen LogP contribution in [0.2, 0.25) is 10.0 Å². The van der Waals surface area contributed by atoms with Crippen molar-refractivity contribution in [3.05, 3.63) is 52.1 Å². The summed E-state index contributed by atoms with van der Waals surface area (Å²) in [5.74, 6) is 7.75. The van der Waals surface area contributed by atoms with Crippen LogP contribution in [0, 0.1) is 0 Å². The van der Waals surface area contributed by atoms with Gasteiger partial charge in [-0.2, -0.15) is 0 Å². The van der Waals surface area contributed by atoms with Crippen LogP contribution in [-0.2, 0) is 5.75 Å². The van der Waals surface area contributed by atoms with E-state index in [4.69, 9.17) is 33.8 Å². The summed E-state index contributed by atoms with van der Waals surface area (Å²) in [6.07, 6.45) is 1.68. The number of hydrogen-bond donors (Lipinski definition) is 1. The van der Waals surface area contributed by atoms with Gasteiger partial charge in [-0.15, -0.1) is 10.2 Å². The zero-order valence-electron chi connectivity index (χ0n) is 12.6. The monoisotopic (exact) mass is 381 g/mol. The molecule has 0 unspecified atom stereocenters. The maximum atomic E-state index is 6.21. The Labute approximate surface area is 152 Å². The first-order valence-electron chi connectivity index (χ1n) is 6.86. The molecule has 124 valence electrons. The lowest BCUT2D eigenvalue weighted by atomic mass is 10.2. The number of nitrogens with two attached hydrogens (primary N) is 1. The van der Waals surface area contributed by atoms with E-state index in [0.29, 0.717) is 38.2 Å². The van der Waals surface area contributed by atoms with Crippen LogP contribution in [0.4, 0.5) is 0 Å². The Bertz CT molecular complexity index is 871. The van der Waals surface area contributed by atoms with Crippen molar-refractivity contribution in [3.8, 4) is 17.3 Å². The lowest BCUT2D eigenvalue weighted by molar-refractivity contribution is 0.394. The van der Waals surface area contributed by atoms with Crippen molar-refractivity contribution >= 4 is 35.0 Å². The standard InChI is InChI=1S/C15H13Cl2N5OS/c1-23-14-9(3-2-6-19-14)8-24-15-21-20-13(22(15)18)11-5-4-10(16)7-12(11)17/h2-7H,8,18H2,1H3. The summed E-state index contributed by atoms with van der Waals surface area (Å²) >= 11 is 13.5. The molecule has 0 saturated carbocycles. The second-order valence-electron chi connectivity index (χ2n) is 4.76. The minimum absolute atomic E-state index is 0.465. The van der Waals surface area contributed by atoms with Crippen LogP contribution >= 0.6 is 35.0 Å². The summed E-state index contributed by atoms with van der Waals surface area (Å²) in [6, 6.07) is 8.92. The summed E-state index contributed by atoms with van der Waals surface area (Å²) in [4.78, 5) is 4.16. The maximum absolute atomic E-state index is 6.21. The molecule has 0 saturated heterocycles. The number of thioether (sulfide) groups is 1. The van der Waals surface area contributed by atoms with Gasteiger partial charge in [0.15, 0.2) is 5.82 Å². The summed E-state index contributed by atoms with van der Waals surface area (Å²) in [5, 5.41) is 9.82. The van der Waals surface area contributed by atoms with Gasteiger partial charge in [0.05, 0.1) is 12.1 Å². The van der Waals surface area contributed by atoms with E-state index < -0.39 is 0 Å². The molecular weight excluding hydrogens is 369 g/mol. The molecule has 0 aliphatic heterocycles. The fourth-order valence-corrected chi connectivity index (χ4v) is 3.41. The van der Waals surface area contributed by atoms with Gasteiger partial charge in [0.1, 0.15) is 0 Å². The Kier molecular flexibility index (Phi) is 5.13. The molecule has 0 fully saturated rings. The van der Waals surface area contributed by atoms with Crippen LogP contribution < -0.4 is 10.6 Å². The summed E-state index contributed by atoms with van der Waals surface area (Å²) in [5.41, 5.74) is 1.61. The van der Waals surface area contributed by atoms with Crippen molar-refractivity contribution < 1.29 is 4.74 Å². The van der Waals surface area contributed by atoms with Gasteiger partial charge in [-0.05, 0) is 24.3 Å². The molecule has 0 spiro atoms. The van der Waals surface area contributed by atoms with Crippen molar-refractivity contribution in [3.63, 3.8) is 0 Å². The van der Waals surface area contributed by atoms with E-state index in [9.17, 15) is 0 Å². The Hall–Kier alpha value is -1.96. The van der Waals surface area contributed by atoms with Gasteiger partial charge in [-0.25, -0.2) is 9.66 Å². The quantitative estimate of drug-likeness (QED) is 0.536. The van der Waals surface area contributed by atoms with Gasteiger partial charge < -0.3 is 10.6 Å². The van der Waals surface area contributed by atoms with Gasteiger partial charge in [0.2, 0.25) is 11.0 Å². The molecule has 3 aromatic rings. The topological polar surface area (TPSA) is 78.9 Å². The van der Waals surface area contributed by atoms with Crippen LogP contribution in [0.15, 0.2) is 41.7 Å². The fourth-order valence-electron chi connectivity index (χ4n) is 2.09. The van der Waals surface area contributed by atoms with Crippen LogP contribution in [0.3, 0.4) is 0 Å². The average Bonchev–Trinajstić information content (AvgIpc) is 2.94. The van der Waals surface area contributed by atoms with E-state index in [1.165, 1.54) is 16.4 Å². The summed E-state index contributed by atoms with van der Waals surface area (Å²) in [6.45, 7) is 0. The second kappa shape index (κ2) is 7.29. The first-order valence-corrected chi connectivity index (χ1v) is 8.61. The average molecular weight is 382 g/mol. The van der Waals surface area contributed by atoms with Crippen LogP contribution in [-0.4, -0.2) is 27.0 Å². The molecule has 1 aromatic carbocycles. The van der Waals surface area contributed by atoms with E-state index in [1.807, 2.05) is 12.1 Å². The molecule has 0 aliphatic carbocycles. The van der Waals surface area contributed by atoms with E-state index in [2.05, 4.69) is 15.2 Å². The second-order valence-corrected chi connectivity index (χ2v) is 6.55. The lowest BCUT2D eigenvalue weighted by Gasteiger charge is -2.07. The van der Waals surface area contributed by atoms with Crippen LogP contribution in [0.25, 0.3) is 11.4 Å². The van der Waals surface area contributed by atoms with Gasteiger partial charge in [-0.3, -0.25) is 0 Å². The van der Waals surface area contributed by atoms with Gasteiger partial charge in [0, 0.05) is 28.1 Å². The molecule has 0 amide bonds. The van der Waals surface area contributed by atoms with Crippen LogP contribution in [0.1, 0.15) is 5.56 Å². The Morgan fingerprint density at radius 2 is 2.08 bits per heavy atom. The molecule has 24 heavy (non-hydrogen) atoms. The lowest BCUT2D eigenvalue weighted by Crippen LogP contribution is -2.11. The molecule has 2 N–H and O–H groups in total. The number of aromatic nitrogens is 4. The molecular formula is C15H13Cl2N5OS. The first kappa shape index (κ1) is 16.9. The normalized spacial score (nSPS) is 10.8. The maximum Gasteiger partial charge on any atom is 0.217 e. The summed E-state index contributed by atoms with van der Waals surface area (Å²) in [7, 11) is 1.59. The number of rotatable bonds is 5. The number of hydrogen-bond acceptors (Lipinski definition) is 6. The minimum atomic E-state index is 0.465. The summed E-state index contributed by atoms with van der Waals surface area (Å²) < 4.78 is 6.64. The van der Waals surface area contributed by atoms with Crippen LogP contribution in [0.5, 0.6) is 5.88 Å². The van der Waals surface area contributed by atoms with E-state index in [0.717, 1.165) is 5.56 Å². The Morgan fingerprint density at radius 3 is 2.83 bits per heavy atom. The first-order chi connectivity index (χ1) is 11.6. The number of nitrogens with zero attached hydrogens (tertiary/aromatic N) is 4. The van der Waals surface area contributed by atoms with Crippen molar-refractivity contribution in [1.82, 2.24) is 19.9 Å². The number of halogens is 2. The third kappa shape index (κ3) is 3.43. The predicted molar refractivity (Wildman–Crippen MR) is 96.0 cm³/mol. The third-order valence-corrected chi connectivity index (χ3v) is 4.78. The van der Waals surface area contributed by atoms with Gasteiger partial charge in [0.25, 0.3) is 0 Å². The number of ether oxygens (including phenoxy) is 1. The highest BCUT2D eigenvalue weighted by atomic mass is 35.5. The largest absolute Gasteiger partial charge is 0.481 e. The van der Waals surface area contributed by atoms with Crippen molar-refractivity contribution in [2.45, 2.75) is 10.9 Å². The SMILES string of the molecule is COc1ncccc1CSc1nnc(-c2ccc(Cl)cc2Cl)n1N. The zero-order valence-corrected chi connectivity index (χ0v) is 14.9. The molecule has 2 heterocycles. The molecule has 9 heteroatoms. The van der Waals surface area contributed by atoms with Crippen molar-refractivity contribution in [1.29, 1.82) is 0 Å². The van der Waals surface area contributed by atoms with Crippen molar-refractivity contribution in [2.75, 3.05) is 13.0 Å².